The number of para-hydroxylation sites is 2. The Labute approximate surface area is 142 Å². The monoisotopic (exact) mass is 313 g/mol. The predicted octanol–water partition coefficient (Wildman–Crippen LogP) is 5.87. The Morgan fingerprint density at radius 2 is 1.50 bits per heavy atom. The van der Waals surface area contributed by atoms with Crippen LogP contribution in [-0.4, -0.2) is 7.05 Å². The lowest BCUT2D eigenvalue weighted by Crippen LogP contribution is -2.18. The largest absolute Gasteiger partial charge is 0.453 e. The van der Waals surface area contributed by atoms with Crippen LogP contribution in [0.3, 0.4) is 0 Å². The van der Waals surface area contributed by atoms with Crippen molar-refractivity contribution in [3.63, 3.8) is 0 Å². The number of anilines is 2. The minimum atomic E-state index is -0.000146. The molecule has 1 aliphatic carbocycles. The molecule has 0 bridgehead atoms. The number of hydrogen-bond acceptors (Lipinski definition) is 2. The van der Waals surface area contributed by atoms with Gasteiger partial charge in [0, 0.05) is 12.5 Å². The van der Waals surface area contributed by atoms with Crippen molar-refractivity contribution in [3.8, 4) is 22.6 Å². The van der Waals surface area contributed by atoms with Gasteiger partial charge < -0.3 is 9.64 Å². The summed E-state index contributed by atoms with van der Waals surface area (Å²) in [4.78, 5) is 2.22. The lowest BCUT2D eigenvalue weighted by Gasteiger charge is -2.31. The molecule has 2 nitrogen and oxygen atoms in total. The zero-order valence-electron chi connectivity index (χ0n) is 14.1. The average molecular weight is 313 g/mol. The topological polar surface area (TPSA) is 12.5 Å². The van der Waals surface area contributed by atoms with Gasteiger partial charge in [0.2, 0.25) is 0 Å². The van der Waals surface area contributed by atoms with Crippen molar-refractivity contribution < 1.29 is 4.74 Å². The Balaban J connectivity index is 1.77. The standard InChI is InChI=1S/C22H19NO/c1-22(2)16-9-5-4-8-14(16)15-12-19-21(13-17(15)22)24-20-11-7-6-10-18(20)23(19)3/h4-13H,1-3H3. The molecule has 0 N–H and O–H groups in total. The van der Waals surface area contributed by atoms with Gasteiger partial charge in [-0.25, -0.2) is 0 Å². The third-order valence-electron chi connectivity index (χ3n) is 5.47. The molecule has 3 aromatic carbocycles. The number of rotatable bonds is 0. The van der Waals surface area contributed by atoms with Crippen LogP contribution in [0.1, 0.15) is 25.0 Å². The Kier molecular flexibility index (Phi) is 2.52. The molecule has 0 amide bonds. The van der Waals surface area contributed by atoms with Crippen LogP contribution in [0.4, 0.5) is 11.4 Å². The summed E-state index contributed by atoms with van der Waals surface area (Å²) in [5.74, 6) is 1.86. The zero-order valence-corrected chi connectivity index (χ0v) is 14.1. The van der Waals surface area contributed by atoms with Crippen molar-refractivity contribution in [1.29, 1.82) is 0 Å². The van der Waals surface area contributed by atoms with Gasteiger partial charge in [0.25, 0.3) is 0 Å². The van der Waals surface area contributed by atoms with E-state index in [1.54, 1.807) is 0 Å². The van der Waals surface area contributed by atoms with E-state index < -0.39 is 0 Å². The lowest BCUT2D eigenvalue weighted by atomic mass is 9.82. The van der Waals surface area contributed by atoms with Gasteiger partial charge in [0.15, 0.2) is 11.5 Å². The highest BCUT2D eigenvalue weighted by molar-refractivity contribution is 5.88. The molecule has 0 saturated carbocycles. The molecule has 0 radical (unpaired) electrons. The minimum Gasteiger partial charge on any atom is -0.453 e. The van der Waals surface area contributed by atoms with E-state index in [1.807, 2.05) is 12.1 Å². The van der Waals surface area contributed by atoms with E-state index in [1.165, 1.54) is 22.3 Å². The van der Waals surface area contributed by atoms with E-state index in [0.717, 1.165) is 22.9 Å². The first kappa shape index (κ1) is 13.7. The van der Waals surface area contributed by atoms with E-state index in [-0.39, 0.29) is 5.41 Å². The molecule has 0 fully saturated rings. The molecule has 3 aromatic rings. The SMILES string of the molecule is CN1c2ccccc2Oc2cc3c(cc21)-c1ccccc1C3(C)C. The molecule has 0 aromatic heterocycles. The van der Waals surface area contributed by atoms with Gasteiger partial charge in [0.1, 0.15) is 0 Å². The fraction of sp³-hybridized carbons (Fsp3) is 0.182. The molecule has 2 aliphatic rings. The van der Waals surface area contributed by atoms with Crippen molar-refractivity contribution in [2.75, 3.05) is 11.9 Å². The van der Waals surface area contributed by atoms with E-state index in [4.69, 9.17) is 4.74 Å². The van der Waals surface area contributed by atoms with Crippen LogP contribution in [0.25, 0.3) is 11.1 Å². The summed E-state index contributed by atoms with van der Waals surface area (Å²) < 4.78 is 6.22. The summed E-state index contributed by atoms with van der Waals surface area (Å²) in [6.45, 7) is 4.59. The summed E-state index contributed by atoms with van der Waals surface area (Å²) in [7, 11) is 2.11. The fourth-order valence-corrected chi connectivity index (χ4v) is 4.13. The Hall–Kier alpha value is -2.74. The van der Waals surface area contributed by atoms with Gasteiger partial charge >= 0.3 is 0 Å². The van der Waals surface area contributed by atoms with Gasteiger partial charge in [-0.1, -0.05) is 50.2 Å². The molecule has 0 spiro atoms. The van der Waals surface area contributed by atoms with Crippen LogP contribution < -0.4 is 9.64 Å². The van der Waals surface area contributed by atoms with Crippen molar-refractivity contribution in [2.24, 2.45) is 0 Å². The Bertz CT molecular complexity index is 987. The quantitative estimate of drug-likeness (QED) is 0.515. The predicted molar refractivity (Wildman–Crippen MR) is 98.6 cm³/mol. The van der Waals surface area contributed by atoms with Crippen molar-refractivity contribution >= 4 is 11.4 Å². The molecular weight excluding hydrogens is 294 g/mol. The fourth-order valence-electron chi connectivity index (χ4n) is 4.13. The normalized spacial score (nSPS) is 15.9. The third-order valence-corrected chi connectivity index (χ3v) is 5.47. The molecular formula is C22H19NO. The molecule has 1 heterocycles. The van der Waals surface area contributed by atoms with Crippen molar-refractivity contribution in [1.82, 2.24) is 0 Å². The number of ether oxygens (including phenoxy) is 1. The molecule has 1 aliphatic heterocycles. The highest BCUT2D eigenvalue weighted by Gasteiger charge is 2.37. The minimum absolute atomic E-state index is 0.000146. The van der Waals surface area contributed by atoms with E-state index in [2.05, 4.69) is 74.3 Å². The van der Waals surface area contributed by atoms with E-state index >= 15 is 0 Å². The molecule has 2 heteroatoms. The van der Waals surface area contributed by atoms with Gasteiger partial charge in [-0.3, -0.25) is 0 Å². The second-order valence-electron chi connectivity index (χ2n) is 7.16. The second kappa shape index (κ2) is 4.41. The average Bonchev–Trinajstić information content (AvgIpc) is 2.82. The highest BCUT2D eigenvalue weighted by Crippen LogP contribution is 2.54. The first-order valence-electron chi connectivity index (χ1n) is 8.36. The molecule has 5 rings (SSSR count). The molecule has 0 unspecified atom stereocenters. The summed E-state index contributed by atoms with van der Waals surface area (Å²) in [6, 6.07) is 21.4. The van der Waals surface area contributed by atoms with Crippen LogP contribution in [0.15, 0.2) is 60.7 Å². The summed E-state index contributed by atoms with van der Waals surface area (Å²) in [6.07, 6.45) is 0. The van der Waals surface area contributed by atoms with Gasteiger partial charge in [0.05, 0.1) is 11.4 Å². The summed E-state index contributed by atoms with van der Waals surface area (Å²) >= 11 is 0. The lowest BCUT2D eigenvalue weighted by molar-refractivity contribution is 0.473. The second-order valence-corrected chi connectivity index (χ2v) is 7.16. The van der Waals surface area contributed by atoms with Gasteiger partial charge in [-0.15, -0.1) is 0 Å². The van der Waals surface area contributed by atoms with Gasteiger partial charge in [-0.2, -0.15) is 0 Å². The van der Waals surface area contributed by atoms with Crippen LogP contribution in [-0.2, 0) is 5.41 Å². The third kappa shape index (κ3) is 1.60. The maximum Gasteiger partial charge on any atom is 0.151 e. The van der Waals surface area contributed by atoms with Crippen LogP contribution >= 0.6 is 0 Å². The number of hydrogen-bond donors (Lipinski definition) is 0. The molecule has 0 saturated heterocycles. The molecule has 118 valence electrons. The smallest absolute Gasteiger partial charge is 0.151 e. The van der Waals surface area contributed by atoms with Crippen molar-refractivity contribution in [2.45, 2.75) is 19.3 Å². The summed E-state index contributed by atoms with van der Waals surface area (Å²) in [5.41, 5.74) is 7.63. The van der Waals surface area contributed by atoms with E-state index in [0.29, 0.717) is 0 Å². The number of benzene rings is 3. The molecule has 0 atom stereocenters. The number of fused-ring (bicyclic) bond motifs is 5. The summed E-state index contributed by atoms with van der Waals surface area (Å²) in [5, 5.41) is 0. The molecule has 24 heavy (non-hydrogen) atoms. The number of nitrogens with zero attached hydrogens (tertiary/aromatic N) is 1. The Morgan fingerprint density at radius 1 is 0.750 bits per heavy atom. The highest BCUT2D eigenvalue weighted by atomic mass is 16.5. The van der Waals surface area contributed by atoms with Crippen LogP contribution in [0.2, 0.25) is 0 Å². The van der Waals surface area contributed by atoms with Gasteiger partial charge in [-0.05, 0) is 46.5 Å². The zero-order chi connectivity index (χ0) is 16.5. The maximum atomic E-state index is 6.22. The Morgan fingerprint density at radius 3 is 2.38 bits per heavy atom. The van der Waals surface area contributed by atoms with Crippen molar-refractivity contribution in [3.05, 3.63) is 71.8 Å². The van der Waals surface area contributed by atoms with Crippen LogP contribution in [0.5, 0.6) is 11.5 Å². The van der Waals surface area contributed by atoms with E-state index in [9.17, 15) is 0 Å². The maximum absolute atomic E-state index is 6.22. The van der Waals surface area contributed by atoms with Crippen LogP contribution in [0, 0.1) is 0 Å². The first-order chi connectivity index (χ1) is 11.6. The first-order valence-corrected chi connectivity index (χ1v) is 8.36.